The highest BCUT2D eigenvalue weighted by Gasteiger charge is 2.56. The summed E-state index contributed by atoms with van der Waals surface area (Å²) in [5, 5.41) is 10.2. The molecule has 21 heavy (non-hydrogen) atoms. The minimum absolute atomic E-state index is 0.139. The SMILES string of the molecule is COC(=O)[C@@]1(Br)C[C@](C)(c2ccccc2)C(Br)=C(O)C1=O. The Morgan fingerprint density at radius 1 is 1.33 bits per heavy atom. The van der Waals surface area contributed by atoms with Crippen molar-refractivity contribution in [3.8, 4) is 0 Å². The molecule has 1 aliphatic rings. The van der Waals surface area contributed by atoms with Crippen LogP contribution in [0.25, 0.3) is 0 Å². The number of ketones is 1. The second-order valence-electron chi connectivity index (χ2n) is 5.16. The molecule has 0 fully saturated rings. The van der Waals surface area contributed by atoms with Gasteiger partial charge in [-0.1, -0.05) is 69.1 Å². The summed E-state index contributed by atoms with van der Waals surface area (Å²) in [6, 6.07) is 9.37. The molecule has 0 bridgehead atoms. The van der Waals surface area contributed by atoms with Gasteiger partial charge in [0, 0.05) is 5.41 Å². The topological polar surface area (TPSA) is 63.6 Å². The molecule has 0 heterocycles. The molecule has 2 atom stereocenters. The van der Waals surface area contributed by atoms with Gasteiger partial charge in [0.15, 0.2) is 10.1 Å². The molecule has 0 saturated carbocycles. The molecule has 0 aliphatic heterocycles. The lowest BCUT2D eigenvalue weighted by molar-refractivity contribution is -0.147. The molecule has 6 heteroatoms. The number of hydrogen-bond acceptors (Lipinski definition) is 4. The quantitative estimate of drug-likeness (QED) is 0.455. The largest absolute Gasteiger partial charge is 0.504 e. The number of aliphatic hydroxyl groups excluding tert-OH is 1. The Labute approximate surface area is 139 Å². The van der Waals surface area contributed by atoms with Crippen molar-refractivity contribution in [3.63, 3.8) is 0 Å². The Kier molecular flexibility index (Phi) is 4.31. The number of benzene rings is 1. The van der Waals surface area contributed by atoms with E-state index in [-0.39, 0.29) is 6.42 Å². The maximum atomic E-state index is 12.3. The minimum Gasteiger partial charge on any atom is -0.504 e. The number of carbonyl (C=O) groups is 2. The van der Waals surface area contributed by atoms with Gasteiger partial charge in [0.05, 0.1) is 11.6 Å². The summed E-state index contributed by atoms with van der Waals surface area (Å²) in [6.45, 7) is 1.86. The summed E-state index contributed by atoms with van der Waals surface area (Å²) < 4.78 is 3.50. The number of ether oxygens (including phenoxy) is 1. The number of hydrogen-bond donors (Lipinski definition) is 1. The van der Waals surface area contributed by atoms with Crippen LogP contribution in [-0.2, 0) is 19.7 Å². The average molecular weight is 418 g/mol. The number of rotatable bonds is 2. The van der Waals surface area contributed by atoms with Gasteiger partial charge in [0.25, 0.3) is 0 Å². The lowest BCUT2D eigenvalue weighted by Gasteiger charge is -2.40. The highest BCUT2D eigenvalue weighted by molar-refractivity contribution is 9.12. The molecule has 4 nitrogen and oxygen atoms in total. The van der Waals surface area contributed by atoms with Crippen molar-refractivity contribution in [1.82, 2.24) is 0 Å². The third-order valence-corrected chi connectivity index (χ3v) is 6.00. The lowest BCUT2D eigenvalue weighted by Crippen LogP contribution is -2.51. The van der Waals surface area contributed by atoms with Gasteiger partial charge in [-0.3, -0.25) is 9.59 Å². The van der Waals surface area contributed by atoms with E-state index in [1.54, 1.807) is 0 Å². The van der Waals surface area contributed by atoms with Crippen LogP contribution < -0.4 is 0 Å². The number of aliphatic hydroxyl groups is 1. The molecule has 0 amide bonds. The molecule has 0 aromatic heterocycles. The van der Waals surface area contributed by atoms with Crippen molar-refractivity contribution in [2.24, 2.45) is 0 Å². The van der Waals surface area contributed by atoms with E-state index in [0.29, 0.717) is 4.48 Å². The van der Waals surface area contributed by atoms with Gasteiger partial charge >= 0.3 is 5.97 Å². The first-order valence-electron chi connectivity index (χ1n) is 6.24. The van der Waals surface area contributed by atoms with Crippen molar-refractivity contribution < 1.29 is 19.4 Å². The molecule has 0 spiro atoms. The van der Waals surface area contributed by atoms with E-state index in [1.807, 2.05) is 37.3 Å². The Bertz CT molecular complexity index is 626. The summed E-state index contributed by atoms with van der Waals surface area (Å²) in [6.07, 6.45) is 0.139. The van der Waals surface area contributed by atoms with E-state index in [1.165, 1.54) is 7.11 Å². The van der Waals surface area contributed by atoms with Crippen LogP contribution in [0.2, 0.25) is 0 Å². The van der Waals surface area contributed by atoms with Crippen molar-refractivity contribution in [3.05, 3.63) is 46.1 Å². The predicted molar refractivity (Wildman–Crippen MR) is 85.7 cm³/mol. The van der Waals surface area contributed by atoms with Crippen LogP contribution in [0.1, 0.15) is 18.9 Å². The van der Waals surface area contributed by atoms with Crippen LogP contribution in [0.15, 0.2) is 40.6 Å². The Morgan fingerprint density at radius 2 is 1.90 bits per heavy atom. The second kappa shape index (κ2) is 5.57. The van der Waals surface area contributed by atoms with Crippen LogP contribution in [0, 0.1) is 0 Å². The molecule has 112 valence electrons. The summed E-state index contributed by atoms with van der Waals surface area (Å²) in [4.78, 5) is 24.3. The molecule has 2 rings (SSSR count). The van der Waals surface area contributed by atoms with E-state index in [0.717, 1.165) is 5.56 Å². The van der Waals surface area contributed by atoms with Gasteiger partial charge < -0.3 is 9.84 Å². The number of halogens is 2. The summed E-state index contributed by atoms with van der Waals surface area (Å²) in [5.74, 6) is -1.88. The van der Waals surface area contributed by atoms with Crippen LogP contribution in [0.3, 0.4) is 0 Å². The Morgan fingerprint density at radius 3 is 2.43 bits per heavy atom. The summed E-state index contributed by atoms with van der Waals surface area (Å²) in [5.41, 5.74) is 0.153. The molecule has 1 N–H and O–H groups in total. The third-order valence-electron chi connectivity index (χ3n) is 3.78. The minimum atomic E-state index is -1.59. The zero-order valence-electron chi connectivity index (χ0n) is 11.5. The second-order valence-corrected chi connectivity index (χ2v) is 7.31. The number of carbonyl (C=O) groups excluding carboxylic acids is 2. The zero-order chi connectivity index (χ0) is 15.8. The van der Waals surface area contributed by atoms with E-state index in [2.05, 4.69) is 31.9 Å². The van der Waals surface area contributed by atoms with Crippen molar-refractivity contribution in [1.29, 1.82) is 0 Å². The summed E-state index contributed by atoms with van der Waals surface area (Å²) in [7, 11) is 1.21. The normalized spacial score (nSPS) is 29.4. The molecular weight excluding hydrogens is 404 g/mol. The van der Waals surface area contributed by atoms with Crippen molar-refractivity contribution in [2.45, 2.75) is 23.1 Å². The van der Waals surface area contributed by atoms with Crippen LogP contribution in [0.4, 0.5) is 0 Å². The number of alkyl halides is 1. The Balaban J connectivity index is 2.64. The highest BCUT2D eigenvalue weighted by Crippen LogP contribution is 2.50. The fourth-order valence-electron chi connectivity index (χ4n) is 2.56. The summed E-state index contributed by atoms with van der Waals surface area (Å²) >= 11 is 6.50. The molecule has 1 aromatic rings. The number of esters is 1. The predicted octanol–water partition coefficient (Wildman–Crippen LogP) is 3.39. The molecule has 1 aromatic carbocycles. The average Bonchev–Trinajstić information content (AvgIpc) is 2.51. The van der Waals surface area contributed by atoms with Crippen LogP contribution >= 0.6 is 31.9 Å². The first kappa shape index (κ1) is 16.2. The van der Waals surface area contributed by atoms with Gasteiger partial charge in [-0.15, -0.1) is 0 Å². The van der Waals surface area contributed by atoms with Gasteiger partial charge in [-0.2, -0.15) is 0 Å². The number of methoxy groups -OCH3 is 1. The van der Waals surface area contributed by atoms with E-state index in [9.17, 15) is 14.7 Å². The smallest absolute Gasteiger partial charge is 0.330 e. The molecular formula is C15H14Br2O4. The number of Topliss-reactive ketones (excluding diaryl/α,β-unsaturated/α-hetero) is 1. The lowest BCUT2D eigenvalue weighted by atomic mass is 9.70. The van der Waals surface area contributed by atoms with E-state index < -0.39 is 27.3 Å². The van der Waals surface area contributed by atoms with Gasteiger partial charge in [-0.25, -0.2) is 0 Å². The fraction of sp³-hybridized carbons (Fsp3) is 0.333. The maximum absolute atomic E-state index is 12.3. The van der Waals surface area contributed by atoms with Crippen LogP contribution in [-0.4, -0.2) is 28.3 Å². The van der Waals surface area contributed by atoms with E-state index >= 15 is 0 Å². The van der Waals surface area contributed by atoms with Crippen LogP contribution in [0.5, 0.6) is 0 Å². The molecule has 0 saturated heterocycles. The molecule has 1 aliphatic carbocycles. The van der Waals surface area contributed by atoms with Gasteiger partial charge in [-0.05, 0) is 12.0 Å². The van der Waals surface area contributed by atoms with Crippen molar-refractivity contribution in [2.75, 3.05) is 7.11 Å². The van der Waals surface area contributed by atoms with Gasteiger partial charge in [0.1, 0.15) is 0 Å². The first-order chi connectivity index (χ1) is 9.77. The van der Waals surface area contributed by atoms with Gasteiger partial charge in [0.2, 0.25) is 5.78 Å². The highest BCUT2D eigenvalue weighted by atomic mass is 79.9. The standard InChI is InChI=1S/C15H14Br2O4/c1-14(9-6-4-3-5-7-9)8-15(17,13(20)21-2)12(19)10(18)11(14)16/h3-7,18H,8H2,1-2H3/t14-,15-/m1/s1. The Hall–Kier alpha value is -1.14. The molecule has 0 unspecified atom stereocenters. The van der Waals surface area contributed by atoms with E-state index in [4.69, 9.17) is 4.74 Å². The number of allylic oxidation sites excluding steroid dienone is 2. The van der Waals surface area contributed by atoms with Crippen molar-refractivity contribution >= 4 is 43.6 Å². The fourth-order valence-corrected chi connectivity index (χ4v) is 4.01. The monoisotopic (exact) mass is 416 g/mol. The molecule has 0 radical (unpaired) electrons. The zero-order valence-corrected chi connectivity index (χ0v) is 14.7. The third kappa shape index (κ3) is 2.44. The maximum Gasteiger partial charge on any atom is 0.330 e. The first-order valence-corrected chi connectivity index (χ1v) is 7.83.